The summed E-state index contributed by atoms with van der Waals surface area (Å²) >= 11 is 10.3. The van der Waals surface area contributed by atoms with Crippen LogP contribution in [-0.4, -0.2) is 55.6 Å². The maximum absolute atomic E-state index is 8.00. The Morgan fingerprint density at radius 1 is 0.929 bits per heavy atom. The van der Waals surface area contributed by atoms with E-state index in [-0.39, 0.29) is 25.3 Å². The van der Waals surface area contributed by atoms with Crippen LogP contribution in [0.15, 0.2) is 0 Å². The Morgan fingerprint density at radius 2 is 1.21 bits per heavy atom. The van der Waals surface area contributed by atoms with Crippen LogP contribution in [0.2, 0.25) is 0 Å². The summed E-state index contributed by atoms with van der Waals surface area (Å²) < 4.78 is 9.43. The molecule has 14 heavy (non-hydrogen) atoms. The molecule has 0 atom stereocenters. The highest BCUT2D eigenvalue weighted by atomic mass is 35.5. The van der Waals surface area contributed by atoms with Crippen LogP contribution in [0.25, 0.3) is 0 Å². The zero-order chi connectivity index (χ0) is 11.7. The van der Waals surface area contributed by atoms with Crippen LogP contribution in [0, 0.1) is 0 Å². The molecule has 7 heteroatoms. The molecule has 0 heterocycles. The maximum Gasteiger partial charge on any atom is 0.120 e. The minimum absolute atomic E-state index is 0.125. The summed E-state index contributed by atoms with van der Waals surface area (Å²) in [4.78, 5) is 8.00. The van der Waals surface area contributed by atoms with Crippen molar-refractivity contribution in [1.29, 1.82) is 0 Å². The lowest BCUT2D eigenvalue weighted by atomic mass is 10.8. The van der Waals surface area contributed by atoms with Gasteiger partial charge < -0.3 is 24.5 Å². The molecule has 0 aromatic carbocycles. The highest BCUT2D eigenvalue weighted by Gasteiger charge is 1.82. The minimum Gasteiger partial charge on any atom is -0.394 e. The molecule has 0 aromatic rings. The smallest absolute Gasteiger partial charge is 0.120 e. The van der Waals surface area contributed by atoms with Crippen molar-refractivity contribution < 1.29 is 24.5 Å². The average molecular weight is 251 g/mol. The third-order valence-electron chi connectivity index (χ3n) is 0.626. The van der Waals surface area contributed by atoms with E-state index in [0.29, 0.717) is 13.2 Å². The molecule has 0 aliphatic heterocycles. The molecular formula is C7H16Cl2O5. The molecule has 0 fully saturated rings. The summed E-state index contributed by atoms with van der Waals surface area (Å²) in [5.41, 5.74) is 0. The van der Waals surface area contributed by atoms with Crippen molar-refractivity contribution in [3.8, 4) is 0 Å². The van der Waals surface area contributed by atoms with Crippen molar-refractivity contribution in [3.05, 3.63) is 0 Å². The fourth-order valence-corrected chi connectivity index (χ4v) is 0.445. The molecule has 0 bridgehead atoms. The van der Waals surface area contributed by atoms with E-state index in [1.54, 1.807) is 0 Å². The first-order chi connectivity index (χ1) is 6.83. The number of hydrogen-bond donors (Lipinski definition) is 2. The molecule has 2 N–H and O–H groups in total. The van der Waals surface area contributed by atoms with E-state index in [0.717, 1.165) is 0 Å². The molecular weight excluding hydrogens is 235 g/mol. The number of carbonyl (C=O) groups excluding carboxylic acids is 1. The summed E-state index contributed by atoms with van der Waals surface area (Å²) in [5.74, 6) is 0. The lowest BCUT2D eigenvalue weighted by Crippen LogP contribution is -2.01. The Labute approximate surface area is 93.5 Å². The van der Waals surface area contributed by atoms with Gasteiger partial charge in [0.15, 0.2) is 0 Å². The molecule has 0 aromatic heterocycles. The predicted octanol–water partition coefficient (Wildman–Crippen LogP) is 0.198. The minimum atomic E-state index is -0.125. The zero-order valence-electron chi connectivity index (χ0n) is 7.82. The molecule has 0 saturated carbocycles. The SMILES string of the molecule is C=O.ClCOCCOCCl.OCCO. The number of hydrogen-bond acceptors (Lipinski definition) is 5. The molecule has 0 radical (unpaired) electrons. The van der Waals surface area contributed by atoms with E-state index in [9.17, 15) is 0 Å². The van der Waals surface area contributed by atoms with Gasteiger partial charge in [-0.3, -0.25) is 0 Å². The summed E-state index contributed by atoms with van der Waals surface area (Å²) in [6, 6.07) is 0.428. The largest absolute Gasteiger partial charge is 0.394 e. The lowest BCUT2D eigenvalue weighted by Gasteiger charge is -1.97. The van der Waals surface area contributed by atoms with E-state index in [1.807, 2.05) is 6.79 Å². The average Bonchev–Trinajstić information content (AvgIpc) is 2.28. The fraction of sp³-hybridized carbons (Fsp3) is 0.857. The third kappa shape index (κ3) is 40.1. The second kappa shape index (κ2) is 29.2. The van der Waals surface area contributed by atoms with E-state index < -0.39 is 0 Å². The molecule has 88 valence electrons. The summed E-state index contributed by atoms with van der Waals surface area (Å²) in [7, 11) is 0. The quantitative estimate of drug-likeness (QED) is 0.521. The van der Waals surface area contributed by atoms with Gasteiger partial charge in [-0.1, -0.05) is 23.2 Å². The van der Waals surface area contributed by atoms with Crippen LogP contribution < -0.4 is 0 Å². The second-order valence-corrected chi connectivity index (χ2v) is 1.92. The monoisotopic (exact) mass is 250 g/mol. The van der Waals surface area contributed by atoms with Crippen LogP contribution >= 0.6 is 23.2 Å². The third-order valence-corrected chi connectivity index (χ3v) is 0.935. The van der Waals surface area contributed by atoms with E-state index >= 15 is 0 Å². The maximum atomic E-state index is 8.00. The van der Waals surface area contributed by atoms with Crippen molar-refractivity contribution in [2.75, 3.05) is 38.6 Å². The van der Waals surface area contributed by atoms with E-state index in [4.69, 9.17) is 47.7 Å². The Bertz CT molecular complexity index is 69.1. The summed E-state index contributed by atoms with van der Waals surface area (Å²) in [6.45, 7) is 2.77. The molecule has 0 aliphatic carbocycles. The number of aliphatic hydroxyl groups excluding tert-OH is 2. The second-order valence-electron chi connectivity index (χ2n) is 1.48. The summed E-state index contributed by atoms with van der Waals surface area (Å²) in [6.07, 6.45) is 0. The number of aliphatic hydroxyl groups is 2. The normalized spacial score (nSPS) is 8.00. The van der Waals surface area contributed by atoms with E-state index in [2.05, 4.69) is 0 Å². The fourth-order valence-electron chi connectivity index (χ4n) is 0.227. The van der Waals surface area contributed by atoms with Crippen LogP contribution in [0.4, 0.5) is 0 Å². The van der Waals surface area contributed by atoms with Crippen LogP contribution in [0.3, 0.4) is 0 Å². The van der Waals surface area contributed by atoms with Gasteiger partial charge in [0, 0.05) is 0 Å². The molecule has 0 saturated heterocycles. The molecule has 0 unspecified atom stereocenters. The first-order valence-electron chi connectivity index (χ1n) is 3.61. The molecule has 5 nitrogen and oxygen atoms in total. The lowest BCUT2D eigenvalue weighted by molar-refractivity contribution is -0.0979. The molecule has 0 rings (SSSR count). The zero-order valence-corrected chi connectivity index (χ0v) is 9.34. The molecule has 0 spiro atoms. The van der Waals surface area contributed by atoms with Gasteiger partial charge in [-0.25, -0.2) is 0 Å². The van der Waals surface area contributed by atoms with Crippen LogP contribution in [0.1, 0.15) is 0 Å². The van der Waals surface area contributed by atoms with Crippen LogP contribution in [0.5, 0.6) is 0 Å². The van der Waals surface area contributed by atoms with E-state index in [1.165, 1.54) is 0 Å². The predicted molar refractivity (Wildman–Crippen MR) is 54.6 cm³/mol. The highest BCUT2D eigenvalue weighted by molar-refractivity contribution is 6.17. The highest BCUT2D eigenvalue weighted by Crippen LogP contribution is 1.82. The Kier molecular flexibility index (Phi) is 41.0. The van der Waals surface area contributed by atoms with Gasteiger partial charge in [0.2, 0.25) is 0 Å². The summed E-state index contributed by atoms with van der Waals surface area (Å²) in [5, 5.41) is 15.2. The number of carbonyl (C=O) groups is 1. The van der Waals surface area contributed by atoms with Crippen molar-refractivity contribution in [3.63, 3.8) is 0 Å². The first-order valence-corrected chi connectivity index (χ1v) is 4.68. The number of ether oxygens (including phenoxy) is 2. The Balaban J connectivity index is -0.000000170. The number of halogens is 2. The van der Waals surface area contributed by atoms with Crippen molar-refractivity contribution >= 4 is 30.0 Å². The van der Waals surface area contributed by atoms with Gasteiger partial charge in [-0.05, 0) is 0 Å². The Morgan fingerprint density at radius 3 is 1.36 bits per heavy atom. The molecule has 0 amide bonds. The number of alkyl halides is 2. The van der Waals surface area contributed by atoms with Crippen molar-refractivity contribution in [1.82, 2.24) is 0 Å². The van der Waals surface area contributed by atoms with Crippen LogP contribution in [-0.2, 0) is 14.3 Å². The number of rotatable bonds is 6. The van der Waals surface area contributed by atoms with Crippen molar-refractivity contribution in [2.45, 2.75) is 0 Å². The van der Waals surface area contributed by atoms with Gasteiger partial charge in [-0.2, -0.15) is 0 Å². The van der Waals surface area contributed by atoms with Gasteiger partial charge in [0.25, 0.3) is 0 Å². The first kappa shape index (κ1) is 19.6. The van der Waals surface area contributed by atoms with Gasteiger partial charge in [0.1, 0.15) is 18.9 Å². The van der Waals surface area contributed by atoms with Gasteiger partial charge in [0.05, 0.1) is 26.4 Å². The standard InChI is InChI=1S/C4H8Cl2O2.C2H6O2.CH2O/c5-3-7-1-2-8-4-6;3-1-2-4;1-2/h1-4H2;3-4H,1-2H2;1H2. The molecule has 0 aliphatic rings. The van der Waals surface area contributed by atoms with Crippen molar-refractivity contribution in [2.24, 2.45) is 0 Å². The Hall–Kier alpha value is 0.0900. The topological polar surface area (TPSA) is 76.0 Å². The van der Waals surface area contributed by atoms with Gasteiger partial charge in [-0.15, -0.1) is 0 Å². The van der Waals surface area contributed by atoms with Gasteiger partial charge >= 0.3 is 0 Å².